The Morgan fingerprint density at radius 3 is 2.32 bits per heavy atom. The van der Waals surface area contributed by atoms with Crippen molar-refractivity contribution in [3.05, 3.63) is 28.8 Å². The van der Waals surface area contributed by atoms with E-state index in [-0.39, 0.29) is 10.5 Å². The molecular formula is C12H15NO5S. The fourth-order valence-electron chi connectivity index (χ4n) is 1.60. The van der Waals surface area contributed by atoms with Crippen LogP contribution in [0, 0.1) is 13.8 Å². The first-order valence-electron chi connectivity index (χ1n) is 5.47. The number of carbonyl (C=O) groups excluding carboxylic acids is 1. The van der Waals surface area contributed by atoms with Gasteiger partial charge in [-0.25, -0.2) is 13.2 Å². The van der Waals surface area contributed by atoms with Crippen LogP contribution < -0.4 is 5.32 Å². The zero-order valence-corrected chi connectivity index (χ0v) is 11.7. The van der Waals surface area contributed by atoms with Gasteiger partial charge in [0.2, 0.25) is 5.91 Å². The molecule has 0 atom stereocenters. The number of hydrogen-bond acceptors (Lipinski definition) is 4. The molecule has 0 radical (unpaired) electrons. The van der Waals surface area contributed by atoms with Crippen molar-refractivity contribution in [3.8, 4) is 0 Å². The molecule has 0 fully saturated rings. The van der Waals surface area contributed by atoms with Gasteiger partial charge in [0.15, 0.2) is 9.84 Å². The Bertz CT molecular complexity index is 634. The van der Waals surface area contributed by atoms with E-state index in [1.807, 2.05) is 0 Å². The summed E-state index contributed by atoms with van der Waals surface area (Å²) in [6, 6.07) is 2.49. The van der Waals surface area contributed by atoms with Crippen molar-refractivity contribution in [1.82, 2.24) is 5.32 Å². The summed E-state index contributed by atoms with van der Waals surface area (Å²) in [5.74, 6) is -2.55. The van der Waals surface area contributed by atoms with E-state index < -0.39 is 27.5 Å². The number of aromatic carboxylic acids is 1. The molecule has 0 bridgehead atoms. The van der Waals surface area contributed by atoms with E-state index in [2.05, 4.69) is 5.32 Å². The molecular weight excluding hydrogens is 270 g/mol. The summed E-state index contributed by atoms with van der Waals surface area (Å²) < 4.78 is 24.2. The van der Waals surface area contributed by atoms with Crippen LogP contribution in [-0.2, 0) is 14.6 Å². The number of nitrogens with one attached hydrogen (secondary N) is 1. The van der Waals surface area contributed by atoms with E-state index in [9.17, 15) is 18.0 Å². The van der Waals surface area contributed by atoms with Gasteiger partial charge >= 0.3 is 5.97 Å². The van der Waals surface area contributed by atoms with E-state index >= 15 is 0 Å². The first-order valence-corrected chi connectivity index (χ1v) is 7.12. The third-order valence-corrected chi connectivity index (χ3v) is 4.54. The molecule has 0 unspecified atom stereocenters. The van der Waals surface area contributed by atoms with Crippen LogP contribution >= 0.6 is 0 Å². The van der Waals surface area contributed by atoms with E-state index in [0.717, 1.165) is 6.07 Å². The maximum absolute atomic E-state index is 12.1. The fourth-order valence-corrected chi connectivity index (χ4v) is 3.18. The lowest BCUT2D eigenvalue weighted by molar-refractivity contribution is -0.118. The Kier molecular flexibility index (Phi) is 4.31. The number of aryl methyl sites for hydroxylation is 1. The molecule has 2 N–H and O–H groups in total. The summed E-state index contributed by atoms with van der Waals surface area (Å²) in [6.07, 6.45) is 0. The number of carbonyl (C=O) groups is 2. The Labute approximate surface area is 111 Å². The van der Waals surface area contributed by atoms with E-state index in [0.29, 0.717) is 11.1 Å². The zero-order chi connectivity index (χ0) is 14.8. The maximum Gasteiger partial charge on any atom is 0.335 e. The Balaban J connectivity index is 3.41. The van der Waals surface area contributed by atoms with Gasteiger partial charge in [0.05, 0.1) is 10.5 Å². The molecule has 0 spiro atoms. The third kappa shape index (κ3) is 3.31. The van der Waals surface area contributed by atoms with Crippen molar-refractivity contribution in [2.45, 2.75) is 18.7 Å². The lowest BCUT2D eigenvalue weighted by Crippen LogP contribution is -2.27. The van der Waals surface area contributed by atoms with Gasteiger partial charge in [0.1, 0.15) is 5.75 Å². The normalized spacial score (nSPS) is 11.1. The molecule has 0 aliphatic heterocycles. The molecule has 1 rings (SSSR count). The summed E-state index contributed by atoms with van der Waals surface area (Å²) in [5, 5.41) is 11.2. The van der Waals surface area contributed by atoms with Crippen molar-refractivity contribution in [2.24, 2.45) is 0 Å². The van der Waals surface area contributed by atoms with Crippen molar-refractivity contribution in [3.63, 3.8) is 0 Å². The van der Waals surface area contributed by atoms with Gasteiger partial charge in [-0.1, -0.05) is 0 Å². The first-order chi connectivity index (χ1) is 8.69. The minimum absolute atomic E-state index is 0.112. The van der Waals surface area contributed by atoms with E-state index in [4.69, 9.17) is 5.11 Å². The topological polar surface area (TPSA) is 101 Å². The number of hydrogen-bond donors (Lipinski definition) is 2. The first kappa shape index (κ1) is 15.2. The average Bonchev–Trinajstić information content (AvgIpc) is 2.31. The van der Waals surface area contributed by atoms with Gasteiger partial charge in [-0.3, -0.25) is 4.79 Å². The van der Waals surface area contributed by atoms with Gasteiger partial charge < -0.3 is 10.4 Å². The number of carboxylic acids is 1. The molecule has 104 valence electrons. The van der Waals surface area contributed by atoms with E-state index in [1.165, 1.54) is 13.1 Å². The standard InChI is InChI=1S/C12H15NO5S/c1-7-4-9(12(15)16)5-10(8(7)2)19(17,18)6-11(14)13-3/h4-5H,6H2,1-3H3,(H,13,14)(H,15,16). The van der Waals surface area contributed by atoms with Crippen molar-refractivity contribution in [2.75, 3.05) is 12.8 Å². The van der Waals surface area contributed by atoms with Gasteiger partial charge in [0, 0.05) is 7.05 Å². The molecule has 1 aromatic carbocycles. The van der Waals surface area contributed by atoms with E-state index in [1.54, 1.807) is 13.8 Å². The number of rotatable bonds is 4. The quantitative estimate of drug-likeness (QED) is 0.840. The van der Waals surface area contributed by atoms with Crippen LogP contribution in [0.25, 0.3) is 0 Å². The fraction of sp³-hybridized carbons (Fsp3) is 0.333. The Morgan fingerprint density at radius 2 is 1.84 bits per heavy atom. The number of sulfone groups is 1. The lowest BCUT2D eigenvalue weighted by Gasteiger charge is -2.11. The van der Waals surface area contributed by atoms with Crippen LogP contribution in [0.15, 0.2) is 17.0 Å². The van der Waals surface area contributed by atoms with Crippen molar-refractivity contribution >= 4 is 21.7 Å². The maximum atomic E-state index is 12.1. The van der Waals surface area contributed by atoms with Gasteiger partial charge in [-0.15, -0.1) is 0 Å². The SMILES string of the molecule is CNC(=O)CS(=O)(=O)c1cc(C(=O)O)cc(C)c1C. The highest BCUT2D eigenvalue weighted by Gasteiger charge is 2.23. The molecule has 0 saturated heterocycles. The van der Waals surface area contributed by atoms with Gasteiger partial charge in [0.25, 0.3) is 0 Å². The second kappa shape index (κ2) is 5.40. The molecule has 1 amide bonds. The number of benzene rings is 1. The Morgan fingerprint density at radius 1 is 1.26 bits per heavy atom. The number of amides is 1. The van der Waals surface area contributed by atoms with Crippen LogP contribution in [0.2, 0.25) is 0 Å². The molecule has 6 nitrogen and oxygen atoms in total. The van der Waals surface area contributed by atoms with Crippen LogP contribution in [0.4, 0.5) is 0 Å². The summed E-state index contributed by atoms with van der Waals surface area (Å²) in [6.45, 7) is 3.21. The summed E-state index contributed by atoms with van der Waals surface area (Å²) in [7, 11) is -2.52. The summed E-state index contributed by atoms with van der Waals surface area (Å²) in [4.78, 5) is 22.0. The minimum atomic E-state index is -3.86. The van der Waals surface area contributed by atoms with Crippen LogP contribution in [0.5, 0.6) is 0 Å². The largest absolute Gasteiger partial charge is 0.478 e. The molecule has 0 aliphatic carbocycles. The minimum Gasteiger partial charge on any atom is -0.478 e. The second-order valence-electron chi connectivity index (χ2n) is 4.15. The highest BCUT2D eigenvalue weighted by molar-refractivity contribution is 7.92. The van der Waals surface area contributed by atoms with Crippen molar-refractivity contribution in [1.29, 1.82) is 0 Å². The molecule has 0 saturated carbocycles. The summed E-state index contributed by atoms with van der Waals surface area (Å²) >= 11 is 0. The predicted molar refractivity (Wildman–Crippen MR) is 69.0 cm³/mol. The zero-order valence-electron chi connectivity index (χ0n) is 10.9. The molecule has 1 aromatic rings. The highest BCUT2D eigenvalue weighted by atomic mass is 32.2. The molecule has 7 heteroatoms. The van der Waals surface area contributed by atoms with Gasteiger partial charge in [-0.2, -0.15) is 0 Å². The molecule has 19 heavy (non-hydrogen) atoms. The van der Waals surface area contributed by atoms with Crippen LogP contribution in [0.3, 0.4) is 0 Å². The average molecular weight is 285 g/mol. The second-order valence-corrected chi connectivity index (χ2v) is 6.11. The van der Waals surface area contributed by atoms with Crippen LogP contribution in [0.1, 0.15) is 21.5 Å². The molecule has 0 aliphatic rings. The molecule has 0 heterocycles. The summed E-state index contributed by atoms with van der Waals surface area (Å²) in [5.41, 5.74) is 0.892. The Hall–Kier alpha value is -1.89. The van der Waals surface area contributed by atoms with Crippen molar-refractivity contribution < 1.29 is 23.1 Å². The smallest absolute Gasteiger partial charge is 0.335 e. The predicted octanol–water partition coefficient (Wildman–Crippen LogP) is 0.521. The van der Waals surface area contributed by atoms with Crippen LogP contribution in [-0.4, -0.2) is 38.2 Å². The monoisotopic (exact) mass is 285 g/mol. The third-order valence-electron chi connectivity index (χ3n) is 2.80. The lowest BCUT2D eigenvalue weighted by atomic mass is 10.1. The highest BCUT2D eigenvalue weighted by Crippen LogP contribution is 2.22. The van der Waals surface area contributed by atoms with Gasteiger partial charge in [-0.05, 0) is 37.1 Å². The molecule has 0 aromatic heterocycles. The number of carboxylic acid groups (broad SMARTS) is 1.